The van der Waals surface area contributed by atoms with E-state index in [0.717, 1.165) is 6.92 Å². The molecule has 0 aliphatic heterocycles. The molecule has 0 fully saturated rings. The van der Waals surface area contributed by atoms with E-state index in [2.05, 4.69) is 24.8 Å². The lowest BCUT2D eigenvalue weighted by Gasteiger charge is -2.34. The third-order valence-electron chi connectivity index (χ3n) is 2.54. The summed E-state index contributed by atoms with van der Waals surface area (Å²) >= 11 is 2.82. The molecular formula is C10H14BrF7O4S. The van der Waals surface area contributed by atoms with Crippen molar-refractivity contribution in [1.82, 2.24) is 0 Å². The van der Waals surface area contributed by atoms with Crippen LogP contribution in [-0.2, 0) is 19.0 Å². The molecule has 0 rings (SSSR count). The second-order valence-corrected chi connectivity index (χ2v) is 7.33. The minimum absolute atomic E-state index is 0.239. The molecule has 0 amide bonds. The molecule has 1 unspecified atom stereocenters. The zero-order chi connectivity index (χ0) is 18.7. The summed E-state index contributed by atoms with van der Waals surface area (Å²) in [7, 11) is -3.96. The third kappa shape index (κ3) is 6.02. The summed E-state index contributed by atoms with van der Waals surface area (Å²) < 4.78 is 119. The molecule has 0 aromatic carbocycles. The number of rotatable bonds is 10. The first-order valence-corrected chi connectivity index (χ1v) is 8.71. The Labute approximate surface area is 136 Å². The SMILES string of the molecule is CC(CBr)(COC(F)(F)C(F)(F)C(F)(F)CF)COS(C)(=O)=O. The highest BCUT2D eigenvalue weighted by Gasteiger charge is 2.73. The molecule has 0 N–H and O–H groups in total. The van der Waals surface area contributed by atoms with Crippen molar-refractivity contribution in [2.75, 3.05) is 31.5 Å². The second-order valence-electron chi connectivity index (χ2n) is 5.13. The summed E-state index contributed by atoms with van der Waals surface area (Å²) in [4.78, 5) is 0. The normalized spacial score (nSPS) is 17.1. The van der Waals surface area contributed by atoms with Crippen molar-refractivity contribution in [3.8, 4) is 0 Å². The Balaban J connectivity index is 5.10. The molecular weight excluding hydrogens is 429 g/mol. The number of halogens is 8. The molecule has 4 nitrogen and oxygen atoms in total. The van der Waals surface area contributed by atoms with Crippen molar-refractivity contribution in [1.29, 1.82) is 0 Å². The van der Waals surface area contributed by atoms with Gasteiger partial charge in [-0.1, -0.05) is 22.9 Å². The molecule has 23 heavy (non-hydrogen) atoms. The molecule has 13 heteroatoms. The van der Waals surface area contributed by atoms with E-state index in [1.54, 1.807) is 0 Å². The first-order chi connectivity index (χ1) is 10.0. The van der Waals surface area contributed by atoms with Gasteiger partial charge in [0.05, 0.1) is 19.5 Å². The maximum absolute atomic E-state index is 13.2. The summed E-state index contributed by atoms with van der Waals surface area (Å²) in [6, 6.07) is 0. The predicted molar refractivity (Wildman–Crippen MR) is 69.5 cm³/mol. The minimum atomic E-state index is -6.10. The summed E-state index contributed by atoms with van der Waals surface area (Å²) in [5.74, 6) is -11.7. The van der Waals surface area contributed by atoms with E-state index in [1.807, 2.05) is 0 Å². The molecule has 140 valence electrons. The van der Waals surface area contributed by atoms with Gasteiger partial charge in [-0.2, -0.15) is 34.8 Å². The van der Waals surface area contributed by atoms with E-state index in [-0.39, 0.29) is 5.33 Å². The van der Waals surface area contributed by atoms with Crippen LogP contribution >= 0.6 is 15.9 Å². The van der Waals surface area contributed by atoms with E-state index in [4.69, 9.17) is 0 Å². The topological polar surface area (TPSA) is 52.6 Å². The standard InChI is InChI=1S/C10H14BrF7O4S/c1-7(3-11,6-22-23(2,19)20)5-21-10(17,18)9(15,16)8(13,14)4-12/h3-6H2,1-2H3. The first kappa shape index (κ1) is 22.9. The molecule has 0 radical (unpaired) electrons. The smallest absolute Gasteiger partial charge is 0.315 e. The minimum Gasteiger partial charge on any atom is -0.315 e. The van der Waals surface area contributed by atoms with Gasteiger partial charge in [0.1, 0.15) is 0 Å². The van der Waals surface area contributed by atoms with Gasteiger partial charge in [0.25, 0.3) is 10.1 Å². The molecule has 0 saturated heterocycles. The number of hydrogen-bond donors (Lipinski definition) is 0. The monoisotopic (exact) mass is 442 g/mol. The van der Waals surface area contributed by atoms with Crippen molar-refractivity contribution < 1.29 is 48.1 Å². The van der Waals surface area contributed by atoms with Crippen molar-refractivity contribution in [2.24, 2.45) is 5.41 Å². The third-order valence-corrected chi connectivity index (χ3v) is 4.44. The van der Waals surface area contributed by atoms with Crippen LogP contribution < -0.4 is 0 Å². The summed E-state index contributed by atoms with van der Waals surface area (Å²) in [6.07, 6.45) is -5.02. The van der Waals surface area contributed by atoms with Crippen molar-refractivity contribution in [3.63, 3.8) is 0 Å². The van der Waals surface area contributed by atoms with Crippen LogP contribution in [0.5, 0.6) is 0 Å². The van der Waals surface area contributed by atoms with E-state index in [9.17, 15) is 39.2 Å². The Morgan fingerprint density at radius 1 is 1.04 bits per heavy atom. The quantitative estimate of drug-likeness (QED) is 0.296. The lowest BCUT2D eigenvalue weighted by atomic mass is 9.96. The summed E-state index contributed by atoms with van der Waals surface area (Å²) in [5, 5.41) is -0.239. The fourth-order valence-electron chi connectivity index (χ4n) is 1.02. The Kier molecular flexibility index (Phi) is 7.35. The summed E-state index contributed by atoms with van der Waals surface area (Å²) in [6.45, 7) is -3.89. The highest BCUT2D eigenvalue weighted by molar-refractivity contribution is 9.09. The Bertz CT molecular complexity index is 499. The molecule has 0 spiro atoms. The maximum Gasteiger partial charge on any atom is 0.425 e. The van der Waals surface area contributed by atoms with E-state index in [0.29, 0.717) is 6.26 Å². The fraction of sp³-hybridized carbons (Fsp3) is 1.00. The molecule has 0 aliphatic rings. The van der Waals surface area contributed by atoms with Gasteiger partial charge < -0.3 is 4.74 Å². The molecule has 1 atom stereocenters. The predicted octanol–water partition coefficient (Wildman–Crippen LogP) is 3.21. The largest absolute Gasteiger partial charge is 0.425 e. The highest BCUT2D eigenvalue weighted by atomic mass is 79.9. The Morgan fingerprint density at radius 2 is 1.52 bits per heavy atom. The van der Waals surface area contributed by atoms with Crippen LogP contribution in [0, 0.1) is 5.41 Å². The average Bonchev–Trinajstić information content (AvgIpc) is 2.42. The van der Waals surface area contributed by atoms with E-state index >= 15 is 0 Å². The second kappa shape index (κ2) is 7.40. The molecule has 0 heterocycles. The van der Waals surface area contributed by atoms with Crippen LogP contribution in [0.4, 0.5) is 30.7 Å². The average molecular weight is 443 g/mol. The number of ether oxygens (including phenoxy) is 1. The first-order valence-electron chi connectivity index (χ1n) is 5.77. The van der Waals surface area contributed by atoms with Gasteiger partial charge in [0.2, 0.25) is 0 Å². The molecule has 0 aliphatic carbocycles. The van der Waals surface area contributed by atoms with Crippen LogP contribution in [0.3, 0.4) is 0 Å². The zero-order valence-electron chi connectivity index (χ0n) is 11.9. The van der Waals surface area contributed by atoms with Crippen LogP contribution in [-0.4, -0.2) is 57.8 Å². The van der Waals surface area contributed by atoms with Crippen molar-refractivity contribution in [3.05, 3.63) is 0 Å². The summed E-state index contributed by atoms with van der Waals surface area (Å²) in [5.41, 5.74) is -1.56. The van der Waals surface area contributed by atoms with E-state index in [1.165, 1.54) is 0 Å². The van der Waals surface area contributed by atoms with Crippen LogP contribution in [0.15, 0.2) is 0 Å². The molecule has 0 aromatic heterocycles. The van der Waals surface area contributed by atoms with Gasteiger partial charge in [-0.05, 0) is 0 Å². The van der Waals surface area contributed by atoms with Gasteiger partial charge in [-0.25, -0.2) is 4.39 Å². The molecule has 0 aromatic rings. The van der Waals surface area contributed by atoms with Gasteiger partial charge >= 0.3 is 18.0 Å². The van der Waals surface area contributed by atoms with Gasteiger partial charge in [-0.3, -0.25) is 4.18 Å². The fourth-order valence-corrected chi connectivity index (χ4v) is 1.84. The highest BCUT2D eigenvalue weighted by Crippen LogP contribution is 2.47. The van der Waals surface area contributed by atoms with Crippen LogP contribution in [0.25, 0.3) is 0 Å². The lowest BCUT2D eigenvalue weighted by Crippen LogP contribution is -2.57. The molecule has 0 saturated carbocycles. The van der Waals surface area contributed by atoms with Crippen molar-refractivity contribution in [2.45, 2.75) is 24.9 Å². The maximum atomic E-state index is 13.2. The lowest BCUT2D eigenvalue weighted by molar-refractivity contribution is -0.403. The van der Waals surface area contributed by atoms with Crippen LogP contribution in [0.1, 0.15) is 6.92 Å². The van der Waals surface area contributed by atoms with E-state index < -0.39 is 53.4 Å². The Morgan fingerprint density at radius 3 is 1.87 bits per heavy atom. The Hall–Kier alpha value is -0.140. The van der Waals surface area contributed by atoms with Gasteiger partial charge in [0.15, 0.2) is 6.67 Å². The van der Waals surface area contributed by atoms with Gasteiger partial charge in [-0.15, -0.1) is 0 Å². The molecule has 0 bridgehead atoms. The van der Waals surface area contributed by atoms with Gasteiger partial charge in [0, 0.05) is 10.7 Å². The van der Waals surface area contributed by atoms with Crippen molar-refractivity contribution >= 4 is 26.0 Å². The van der Waals surface area contributed by atoms with Crippen LogP contribution in [0.2, 0.25) is 0 Å². The zero-order valence-corrected chi connectivity index (χ0v) is 14.3. The number of hydrogen-bond acceptors (Lipinski definition) is 4. The number of alkyl halides is 8.